The molecule has 4 aliphatic heterocycles. The number of amides is 4. The Bertz CT molecular complexity index is 6180. The molecule has 8 heterocycles. The molecular weight excluding hydrogens is 1930 g/mol. The SMILES string of the molecule is C=S(C)(=O)Nc1ccc(CNC2CC3CCCC3(C(=O)N3CCc4ncc(C(F)(F)F)cc4C3)C2)cc1.CC(F)(F)Oc1cccc(CNC2CC3CCCC3(C(=O)N3CCc4ncc(C(F)(F)F)cc4C3)C2)c1.O=C(N1CCc2ncc(C(F)(F)F)cc2C1)C12CCCC1CC(NC1Cc3ccccc3C1)C2.O=C(N1CCc2ncc(C(F)(F)F)cc2C1)C12CCCC1CC(NCc1ccccc1OC(F)(F)F)C2. The Labute approximate surface area is 831 Å². The topological polar surface area (TPSA) is 228 Å². The van der Waals surface area contributed by atoms with Gasteiger partial charge in [-0.1, -0.05) is 92.4 Å². The van der Waals surface area contributed by atoms with Gasteiger partial charge in [-0.25, -0.2) is 4.21 Å². The van der Waals surface area contributed by atoms with Gasteiger partial charge in [-0.3, -0.25) is 39.1 Å². The standard InChI is InChI=1S/C27H30F5N3O2.C27H33F3N4O2S.C27H30F3N3O.C26H27F6N3O2/c1-25(28,29)37-22-6-2-4-17(10-22)14-33-21-12-19-5-3-8-26(19,13-21)24(36)35-9-7-23-18(16-35)11-20(15-34-23)27(30,31)32;1-37(2,36)33-22-7-5-18(6-8-22)15-31-23-13-20-4-3-10-26(20,14-23)25(35)34-11-9-24-19(17-34)12-21(16-32-24)27(28,29)30;28-27(29,30)21-10-19-16-33(9-7-24(19)31-15-21)25(34)26-8-3-6-20(26)13-23(14-26)32-22-11-17-4-1-2-5-18(17)12-22;27-25(28,29)19-10-17-15-35(9-7-21(17)34-14-19)23(36)24-8-3-5-18(24)11-20(12-24)33-13-16-4-1-2-6-22(16)37-26(30,31)32/h2,4,6,10-11,15,19,21,33H,3,5,7-9,12-14,16H2,1H3;5-8,12,16,20,23,31H,1,3-4,9-11,13-15,17H2,2H3,(H,33,36);1-2,4-5,10,15,20,22-23,32H,3,6-9,11-14,16H2;1-2,4,6,10,14,18,20,33H,3,5,7-9,11-13,15H2. The van der Waals surface area contributed by atoms with E-state index in [1.165, 1.54) is 35.4 Å². The summed E-state index contributed by atoms with van der Waals surface area (Å²) < 4.78 is 247. The van der Waals surface area contributed by atoms with Crippen molar-refractivity contribution >= 4 is 44.9 Å². The number of nitrogens with zero attached hydrogens (tertiary/aromatic N) is 8. The molecule has 0 radical (unpaired) electrons. The molecule has 4 amide bonds. The first-order chi connectivity index (χ1) is 68.6. The van der Waals surface area contributed by atoms with Crippen LogP contribution in [0.1, 0.15) is 230 Å². The van der Waals surface area contributed by atoms with E-state index in [9.17, 15) is 98.0 Å². The molecule has 0 saturated heterocycles. The first-order valence-electron chi connectivity index (χ1n) is 50.2. The van der Waals surface area contributed by atoms with Gasteiger partial charge >= 0.3 is 37.2 Å². The summed E-state index contributed by atoms with van der Waals surface area (Å²) >= 11 is 0. The van der Waals surface area contributed by atoms with E-state index in [2.05, 4.69) is 85.5 Å². The molecule has 0 bridgehead atoms. The molecule has 4 aromatic carbocycles. The summed E-state index contributed by atoms with van der Waals surface area (Å²) in [6.07, 6.45) is 0.381. The van der Waals surface area contributed by atoms with Gasteiger partial charge in [-0.05, 0) is 244 Å². The number of anilines is 1. The van der Waals surface area contributed by atoms with E-state index in [0.717, 1.165) is 182 Å². The fourth-order valence-corrected chi connectivity index (χ4v) is 27.0. The molecule has 20 nitrogen and oxygen atoms in total. The van der Waals surface area contributed by atoms with E-state index in [1.54, 1.807) is 45.2 Å². The Morgan fingerprint density at radius 2 is 0.752 bits per heavy atom. The van der Waals surface area contributed by atoms with Crippen molar-refractivity contribution in [3.63, 3.8) is 0 Å². The molecule has 145 heavy (non-hydrogen) atoms. The largest absolute Gasteiger partial charge is 0.573 e. The lowest BCUT2D eigenvalue weighted by atomic mass is 9.78. The van der Waals surface area contributed by atoms with Crippen LogP contribution in [0.2, 0.25) is 0 Å². The van der Waals surface area contributed by atoms with Crippen LogP contribution in [-0.4, -0.2) is 148 Å². The van der Waals surface area contributed by atoms with Gasteiger partial charge in [0.25, 0.3) is 0 Å². The van der Waals surface area contributed by atoms with E-state index in [4.69, 9.17) is 0 Å². The lowest BCUT2D eigenvalue weighted by molar-refractivity contribution is -0.275. The van der Waals surface area contributed by atoms with Crippen molar-refractivity contribution < 1.29 is 107 Å². The minimum atomic E-state index is -4.79. The molecule has 13 atom stereocenters. The Balaban J connectivity index is 0.000000127. The average molecular weight is 2060 g/mol. The third kappa shape index (κ3) is 23.5. The first kappa shape index (κ1) is 104. The molecule has 9 aliphatic carbocycles. The number of carbonyl (C=O) groups is 4. The highest BCUT2D eigenvalue weighted by Crippen LogP contribution is 2.61. The zero-order chi connectivity index (χ0) is 103. The number of hydrogen-bond donors (Lipinski definition) is 5. The maximum absolute atomic E-state index is 13.9. The molecule has 0 spiro atoms. The van der Waals surface area contributed by atoms with Crippen LogP contribution in [-0.2, 0) is 138 Å². The molecule has 8 saturated carbocycles. The van der Waals surface area contributed by atoms with Gasteiger partial charge < -0.3 is 55.1 Å². The Morgan fingerprint density at radius 3 is 1.11 bits per heavy atom. The van der Waals surface area contributed by atoms with Crippen molar-refractivity contribution in [1.82, 2.24) is 60.8 Å². The van der Waals surface area contributed by atoms with E-state index >= 15 is 0 Å². The lowest BCUT2D eigenvalue weighted by Gasteiger charge is -2.37. The molecule has 8 fully saturated rings. The number of ether oxygens (including phenoxy) is 2. The quantitative estimate of drug-likeness (QED) is 0.0353. The number of halogens is 17. The molecule has 8 aromatic rings. The van der Waals surface area contributed by atoms with Gasteiger partial charge in [0.05, 0.1) is 43.9 Å². The van der Waals surface area contributed by atoms with E-state index in [0.29, 0.717) is 166 Å². The second-order valence-corrected chi connectivity index (χ2v) is 44.7. The number of rotatable bonds is 20. The number of hydrogen-bond acceptors (Lipinski definition) is 15. The number of aromatic nitrogens is 4. The second kappa shape index (κ2) is 41.2. The van der Waals surface area contributed by atoms with Crippen LogP contribution in [0.15, 0.2) is 146 Å². The number of carbonyl (C=O) groups excluding carboxylic acids is 4. The van der Waals surface area contributed by atoms with E-state index in [1.807, 2.05) is 35.2 Å². The molecule has 21 rings (SSSR count). The predicted octanol–water partition coefficient (Wildman–Crippen LogP) is 20.4. The van der Waals surface area contributed by atoms with Gasteiger partial charge in [-0.2, -0.15) is 61.5 Å². The summed E-state index contributed by atoms with van der Waals surface area (Å²) in [4.78, 5) is 78.6. The van der Waals surface area contributed by atoms with Crippen molar-refractivity contribution in [1.29, 1.82) is 0 Å². The van der Waals surface area contributed by atoms with E-state index in [-0.39, 0.29) is 103 Å². The smallest absolute Gasteiger partial charge is 0.433 e. The number of pyridine rings is 4. The number of nitrogens with one attached hydrogen (secondary N) is 5. The first-order valence-corrected chi connectivity index (χ1v) is 52.3. The zero-order valence-electron chi connectivity index (χ0n) is 80.7. The van der Waals surface area contributed by atoms with Gasteiger partial charge in [-0.15, -0.1) is 13.2 Å². The molecule has 13 aliphatic rings. The van der Waals surface area contributed by atoms with Crippen molar-refractivity contribution in [3.05, 3.63) is 241 Å². The minimum absolute atomic E-state index is 0.0305. The van der Waals surface area contributed by atoms with Gasteiger partial charge in [0.15, 0.2) is 0 Å². The van der Waals surface area contributed by atoms with Crippen LogP contribution >= 0.6 is 0 Å². The molecule has 4 aromatic heterocycles. The van der Waals surface area contributed by atoms with Crippen LogP contribution in [0, 0.1) is 45.3 Å². The van der Waals surface area contributed by atoms with Crippen molar-refractivity contribution in [3.8, 4) is 11.5 Å². The molecule has 5 N–H and O–H groups in total. The maximum atomic E-state index is 13.9. The third-order valence-electron chi connectivity index (χ3n) is 32.8. The molecule has 38 heteroatoms. The fourth-order valence-electron chi connectivity index (χ4n) is 26.4. The summed E-state index contributed by atoms with van der Waals surface area (Å²) in [5, 5.41) is 14.3. The Morgan fingerprint density at radius 1 is 0.407 bits per heavy atom. The Hall–Kier alpha value is -10.6. The van der Waals surface area contributed by atoms with Crippen LogP contribution in [0.4, 0.5) is 80.3 Å². The maximum Gasteiger partial charge on any atom is 0.573 e. The fraction of sp³-hybridized carbons (Fsp3) is 0.542. The summed E-state index contributed by atoms with van der Waals surface area (Å²) in [6.45, 7) is 4.52. The minimum Gasteiger partial charge on any atom is -0.433 e. The predicted molar refractivity (Wildman–Crippen MR) is 508 cm³/mol. The monoisotopic (exact) mass is 2050 g/mol. The van der Waals surface area contributed by atoms with Crippen LogP contribution in [0.5, 0.6) is 11.5 Å². The molecule has 780 valence electrons. The highest BCUT2D eigenvalue weighted by Gasteiger charge is 2.61. The third-order valence-corrected chi connectivity index (χ3v) is 33.5. The van der Waals surface area contributed by atoms with Crippen molar-refractivity contribution in [2.24, 2.45) is 45.3 Å². The van der Waals surface area contributed by atoms with Crippen molar-refractivity contribution in [2.45, 2.75) is 287 Å². The summed E-state index contributed by atoms with van der Waals surface area (Å²) in [5.74, 6) is 4.67. The number of benzene rings is 4. The summed E-state index contributed by atoms with van der Waals surface area (Å²) in [5.41, 5.74) is 5.31. The second-order valence-electron chi connectivity index (χ2n) is 42.4. The normalized spacial score (nSPS) is 26.6. The summed E-state index contributed by atoms with van der Waals surface area (Å²) in [6, 6.07) is 34.4. The average Bonchev–Trinajstić information content (AvgIpc) is 1.60. The number of para-hydroxylation sites is 1. The van der Waals surface area contributed by atoms with Gasteiger partial charge in [0, 0.05) is 210 Å². The highest BCUT2D eigenvalue weighted by molar-refractivity contribution is 8.00. The number of alkyl halides is 17. The zero-order valence-corrected chi connectivity index (χ0v) is 81.5. The van der Waals surface area contributed by atoms with Gasteiger partial charge in [0.1, 0.15) is 11.5 Å². The summed E-state index contributed by atoms with van der Waals surface area (Å²) in [7, 11) is -2.33. The highest BCUT2D eigenvalue weighted by atomic mass is 32.2. The molecular formula is C107H120F17N13O7S. The van der Waals surface area contributed by atoms with E-state index < -0.39 is 85.4 Å². The molecule has 13 unspecified atom stereocenters. The van der Waals surface area contributed by atoms with Crippen LogP contribution in [0.3, 0.4) is 0 Å². The van der Waals surface area contributed by atoms with Crippen molar-refractivity contribution in [2.75, 3.05) is 37.2 Å². The lowest BCUT2D eigenvalue weighted by Crippen LogP contribution is -2.47. The Kier molecular flexibility index (Phi) is 29.6. The van der Waals surface area contributed by atoms with Crippen LogP contribution in [0.25, 0.3) is 0 Å². The van der Waals surface area contributed by atoms with Gasteiger partial charge in [0.2, 0.25) is 23.6 Å². The van der Waals surface area contributed by atoms with Crippen LogP contribution < -0.4 is 35.5 Å². The number of fused-ring (bicyclic) bond motifs is 9.